The Kier molecular flexibility index (Phi) is 5.48. The average Bonchev–Trinajstić information content (AvgIpc) is 2.81. The van der Waals surface area contributed by atoms with E-state index in [4.69, 9.17) is 9.47 Å². The lowest BCUT2D eigenvalue weighted by atomic mass is 10.1. The number of benzene rings is 2. The molecule has 2 aromatic rings. The van der Waals surface area contributed by atoms with Crippen molar-refractivity contribution in [3.63, 3.8) is 0 Å². The zero-order chi connectivity index (χ0) is 16.8. The van der Waals surface area contributed by atoms with Gasteiger partial charge < -0.3 is 19.5 Å². The Bertz CT molecular complexity index is 679. The van der Waals surface area contributed by atoms with E-state index < -0.39 is 6.61 Å². The second kappa shape index (κ2) is 7.97. The molecule has 0 fully saturated rings. The molecule has 1 aliphatic rings. The maximum Gasteiger partial charge on any atom is 0.387 e. The van der Waals surface area contributed by atoms with Crippen molar-refractivity contribution in [1.82, 2.24) is 5.32 Å². The van der Waals surface area contributed by atoms with Crippen LogP contribution in [0.1, 0.15) is 17.5 Å². The number of rotatable bonds is 6. The van der Waals surface area contributed by atoms with Gasteiger partial charge in [0.05, 0.1) is 13.2 Å². The highest BCUT2D eigenvalue weighted by Crippen LogP contribution is 2.30. The topological polar surface area (TPSA) is 39.7 Å². The first-order valence-electron chi connectivity index (χ1n) is 7.84. The van der Waals surface area contributed by atoms with Gasteiger partial charge in [-0.05, 0) is 23.8 Å². The summed E-state index contributed by atoms with van der Waals surface area (Å²) in [6.07, 6.45) is 0.864. The summed E-state index contributed by atoms with van der Waals surface area (Å²) in [6, 6.07) is 12.6. The van der Waals surface area contributed by atoms with E-state index in [0.717, 1.165) is 23.5 Å². The first-order chi connectivity index (χ1) is 11.7. The molecule has 24 heavy (non-hydrogen) atoms. The molecule has 4 nitrogen and oxygen atoms in total. The Labute approximate surface area is 139 Å². The van der Waals surface area contributed by atoms with Crippen LogP contribution in [0, 0.1) is 0 Å². The molecule has 1 heterocycles. The van der Waals surface area contributed by atoms with Crippen LogP contribution in [0.15, 0.2) is 42.5 Å². The van der Waals surface area contributed by atoms with Gasteiger partial charge in [0, 0.05) is 25.1 Å². The molecule has 0 aliphatic carbocycles. The molecule has 0 aromatic heterocycles. The number of hydrogen-bond acceptors (Lipinski definition) is 4. The molecule has 3 rings (SSSR count). The number of halogens is 2. The number of para-hydroxylation sites is 1. The van der Waals surface area contributed by atoms with E-state index in [1.165, 1.54) is 6.07 Å². The summed E-state index contributed by atoms with van der Waals surface area (Å²) in [6.45, 7) is -0.516. The van der Waals surface area contributed by atoms with Crippen molar-refractivity contribution in [1.29, 1.82) is 0 Å². The SMILES string of the molecule is FC(F)Oc1ccccc1CNCc1ccc2c(c1)OCCCO2. The monoisotopic (exact) mass is 335 g/mol. The van der Waals surface area contributed by atoms with E-state index in [1.807, 2.05) is 18.2 Å². The van der Waals surface area contributed by atoms with Gasteiger partial charge >= 0.3 is 6.61 Å². The van der Waals surface area contributed by atoms with Crippen LogP contribution < -0.4 is 19.5 Å². The summed E-state index contributed by atoms with van der Waals surface area (Å²) in [4.78, 5) is 0. The van der Waals surface area contributed by atoms with Crippen LogP contribution in [-0.4, -0.2) is 19.8 Å². The Balaban J connectivity index is 1.60. The van der Waals surface area contributed by atoms with Crippen molar-refractivity contribution in [2.45, 2.75) is 26.1 Å². The molecule has 0 amide bonds. The van der Waals surface area contributed by atoms with Crippen LogP contribution in [0.5, 0.6) is 17.2 Å². The molecule has 0 unspecified atom stereocenters. The van der Waals surface area contributed by atoms with Crippen molar-refractivity contribution in [3.8, 4) is 17.2 Å². The molecule has 0 radical (unpaired) electrons. The number of fused-ring (bicyclic) bond motifs is 1. The maximum atomic E-state index is 12.4. The van der Waals surface area contributed by atoms with Gasteiger partial charge in [-0.2, -0.15) is 8.78 Å². The summed E-state index contributed by atoms with van der Waals surface area (Å²) >= 11 is 0. The number of ether oxygens (including phenoxy) is 3. The third-order valence-corrected chi connectivity index (χ3v) is 3.65. The standard InChI is InChI=1S/C18H19F2NO3/c19-18(20)24-15-5-2-1-4-14(15)12-21-11-13-6-7-16-17(10-13)23-9-3-8-22-16/h1-2,4-7,10,18,21H,3,8-9,11-12H2. The van der Waals surface area contributed by atoms with Gasteiger partial charge in [0.1, 0.15) is 5.75 Å². The second-order valence-electron chi connectivity index (χ2n) is 5.42. The molecule has 1 aliphatic heterocycles. The predicted octanol–water partition coefficient (Wildman–Crippen LogP) is 3.74. The Morgan fingerprint density at radius 3 is 2.62 bits per heavy atom. The van der Waals surface area contributed by atoms with E-state index >= 15 is 0 Å². The Morgan fingerprint density at radius 1 is 1.00 bits per heavy atom. The molecule has 128 valence electrons. The van der Waals surface area contributed by atoms with E-state index in [-0.39, 0.29) is 5.75 Å². The Morgan fingerprint density at radius 2 is 1.79 bits per heavy atom. The zero-order valence-electron chi connectivity index (χ0n) is 13.1. The number of hydrogen-bond donors (Lipinski definition) is 1. The summed E-state index contributed by atoms with van der Waals surface area (Å²) in [5, 5.41) is 3.23. The minimum Gasteiger partial charge on any atom is -0.490 e. The lowest BCUT2D eigenvalue weighted by Gasteiger charge is -2.12. The summed E-state index contributed by atoms with van der Waals surface area (Å²) in [5.74, 6) is 1.69. The molecular weight excluding hydrogens is 316 g/mol. The zero-order valence-corrected chi connectivity index (χ0v) is 13.1. The van der Waals surface area contributed by atoms with E-state index in [9.17, 15) is 8.78 Å². The largest absolute Gasteiger partial charge is 0.490 e. The predicted molar refractivity (Wildman–Crippen MR) is 85.7 cm³/mol. The van der Waals surface area contributed by atoms with Crippen LogP contribution in [0.4, 0.5) is 8.78 Å². The second-order valence-corrected chi connectivity index (χ2v) is 5.42. The molecule has 6 heteroatoms. The van der Waals surface area contributed by atoms with Crippen molar-refractivity contribution < 1.29 is 23.0 Å². The van der Waals surface area contributed by atoms with Gasteiger partial charge in [-0.25, -0.2) is 0 Å². The minimum absolute atomic E-state index is 0.193. The highest BCUT2D eigenvalue weighted by Gasteiger charge is 2.11. The number of alkyl halides is 2. The van der Waals surface area contributed by atoms with Gasteiger partial charge in [-0.15, -0.1) is 0 Å². The van der Waals surface area contributed by atoms with E-state index in [1.54, 1.807) is 18.2 Å². The molecule has 1 N–H and O–H groups in total. The van der Waals surface area contributed by atoms with Crippen molar-refractivity contribution >= 4 is 0 Å². The van der Waals surface area contributed by atoms with E-state index in [0.29, 0.717) is 31.9 Å². The fourth-order valence-electron chi connectivity index (χ4n) is 2.52. The molecule has 0 bridgehead atoms. The van der Waals surface area contributed by atoms with Gasteiger partial charge in [-0.1, -0.05) is 24.3 Å². The summed E-state index contributed by atoms with van der Waals surface area (Å²) in [5.41, 5.74) is 1.72. The summed E-state index contributed by atoms with van der Waals surface area (Å²) < 4.78 is 40.6. The molecular formula is C18H19F2NO3. The van der Waals surface area contributed by atoms with Crippen LogP contribution in [0.3, 0.4) is 0 Å². The van der Waals surface area contributed by atoms with Gasteiger partial charge in [0.25, 0.3) is 0 Å². The molecule has 0 atom stereocenters. The van der Waals surface area contributed by atoms with Crippen LogP contribution in [0.25, 0.3) is 0 Å². The number of nitrogens with one attached hydrogen (secondary N) is 1. The van der Waals surface area contributed by atoms with Crippen LogP contribution in [0.2, 0.25) is 0 Å². The van der Waals surface area contributed by atoms with Gasteiger partial charge in [0.15, 0.2) is 11.5 Å². The van der Waals surface area contributed by atoms with E-state index in [2.05, 4.69) is 10.1 Å². The average molecular weight is 335 g/mol. The van der Waals surface area contributed by atoms with Crippen LogP contribution >= 0.6 is 0 Å². The lowest BCUT2D eigenvalue weighted by Crippen LogP contribution is -2.14. The van der Waals surface area contributed by atoms with Gasteiger partial charge in [0.2, 0.25) is 0 Å². The highest BCUT2D eigenvalue weighted by molar-refractivity contribution is 5.43. The maximum absolute atomic E-state index is 12.4. The molecule has 0 saturated heterocycles. The fraction of sp³-hybridized carbons (Fsp3) is 0.333. The van der Waals surface area contributed by atoms with Crippen molar-refractivity contribution in [3.05, 3.63) is 53.6 Å². The molecule has 2 aromatic carbocycles. The highest BCUT2D eigenvalue weighted by atomic mass is 19.3. The van der Waals surface area contributed by atoms with Crippen molar-refractivity contribution in [2.24, 2.45) is 0 Å². The first-order valence-corrected chi connectivity index (χ1v) is 7.84. The lowest BCUT2D eigenvalue weighted by molar-refractivity contribution is -0.0505. The minimum atomic E-state index is -2.83. The smallest absolute Gasteiger partial charge is 0.387 e. The molecule has 0 spiro atoms. The van der Waals surface area contributed by atoms with Gasteiger partial charge in [-0.3, -0.25) is 0 Å². The van der Waals surface area contributed by atoms with Crippen LogP contribution in [-0.2, 0) is 13.1 Å². The fourth-order valence-corrected chi connectivity index (χ4v) is 2.52. The summed E-state index contributed by atoms with van der Waals surface area (Å²) in [7, 11) is 0. The quantitative estimate of drug-likeness (QED) is 0.873. The van der Waals surface area contributed by atoms with Crippen molar-refractivity contribution in [2.75, 3.05) is 13.2 Å². The molecule has 0 saturated carbocycles. The Hall–Kier alpha value is -2.34. The first kappa shape index (κ1) is 16.5. The third kappa shape index (κ3) is 4.35. The third-order valence-electron chi connectivity index (χ3n) is 3.65. The normalized spacial score (nSPS) is 13.6.